The number of aryl methyl sites for hydroxylation is 1. The smallest absolute Gasteiger partial charge is 0.271 e. The summed E-state index contributed by atoms with van der Waals surface area (Å²) in [5, 5.41) is 2.84. The van der Waals surface area contributed by atoms with Gasteiger partial charge in [-0.05, 0) is 51.5 Å². The highest BCUT2D eigenvalue weighted by Gasteiger charge is 2.29. The van der Waals surface area contributed by atoms with Crippen LogP contribution in [0.25, 0.3) is 0 Å². The van der Waals surface area contributed by atoms with Gasteiger partial charge < -0.3 is 14.8 Å². The Labute approximate surface area is 182 Å². The minimum atomic E-state index is -3.96. The van der Waals surface area contributed by atoms with Crippen molar-refractivity contribution < 1.29 is 22.7 Å². The number of guanidine groups is 1. The van der Waals surface area contributed by atoms with E-state index in [0.717, 1.165) is 5.56 Å². The molecule has 0 saturated carbocycles. The Morgan fingerprint density at radius 2 is 1.68 bits per heavy atom. The summed E-state index contributed by atoms with van der Waals surface area (Å²) in [5.74, 6) is 0.00460. The third-order valence-electron chi connectivity index (χ3n) is 4.09. The molecule has 0 aliphatic carbocycles. The summed E-state index contributed by atoms with van der Waals surface area (Å²) in [6, 6.07) is 6.68. The molecule has 0 bridgehead atoms. The topological polar surface area (TPSA) is 131 Å². The van der Waals surface area contributed by atoms with Gasteiger partial charge in [0.05, 0.1) is 24.5 Å². The van der Waals surface area contributed by atoms with Crippen LogP contribution in [0, 0.1) is 6.92 Å². The van der Waals surface area contributed by atoms with E-state index in [2.05, 4.69) is 25.6 Å². The lowest BCUT2D eigenvalue weighted by Crippen LogP contribution is -2.46. The molecule has 168 valence electrons. The maximum Gasteiger partial charge on any atom is 0.271 e. The van der Waals surface area contributed by atoms with Crippen LogP contribution in [0.15, 0.2) is 41.1 Å². The second kappa shape index (κ2) is 9.65. The summed E-state index contributed by atoms with van der Waals surface area (Å²) < 4.78 is 38.6. The van der Waals surface area contributed by atoms with E-state index in [0.29, 0.717) is 22.7 Å². The number of carbonyl (C=O) groups excluding carboxylic acids is 1. The Morgan fingerprint density at radius 3 is 2.19 bits per heavy atom. The van der Waals surface area contributed by atoms with Gasteiger partial charge in [0, 0.05) is 12.4 Å². The molecule has 2 aromatic rings. The number of methoxy groups -OCH3 is 2. The van der Waals surface area contributed by atoms with Gasteiger partial charge in [0.25, 0.3) is 15.9 Å². The SMILES string of the molecule is COc1cccc(OC)c1NC(=NS(=O)(=O)C(C)(C)C)NNC(=O)c1cncc(C)c1. The first-order valence-corrected chi connectivity index (χ1v) is 10.7. The lowest BCUT2D eigenvalue weighted by Gasteiger charge is -2.20. The average Bonchev–Trinajstić information content (AvgIpc) is 2.70. The molecular weight excluding hydrogens is 422 g/mol. The summed E-state index contributed by atoms with van der Waals surface area (Å²) in [6.45, 7) is 6.36. The van der Waals surface area contributed by atoms with Gasteiger partial charge >= 0.3 is 0 Å². The molecule has 1 aromatic heterocycles. The highest BCUT2D eigenvalue weighted by Crippen LogP contribution is 2.34. The fourth-order valence-electron chi connectivity index (χ4n) is 2.29. The number of benzene rings is 1. The third kappa shape index (κ3) is 6.07. The molecule has 0 fully saturated rings. The monoisotopic (exact) mass is 449 g/mol. The molecule has 0 radical (unpaired) electrons. The summed E-state index contributed by atoms with van der Waals surface area (Å²) in [5.41, 5.74) is 6.39. The van der Waals surface area contributed by atoms with Crippen LogP contribution in [-0.4, -0.2) is 44.2 Å². The highest BCUT2D eigenvalue weighted by molar-refractivity contribution is 7.91. The normalized spacial score (nSPS) is 12.1. The Balaban J connectivity index is 2.40. The van der Waals surface area contributed by atoms with Crippen LogP contribution >= 0.6 is 0 Å². The van der Waals surface area contributed by atoms with Crippen LogP contribution in [0.2, 0.25) is 0 Å². The summed E-state index contributed by atoms with van der Waals surface area (Å²) in [7, 11) is -1.04. The maximum atomic E-state index is 12.7. The van der Waals surface area contributed by atoms with E-state index in [1.165, 1.54) is 41.2 Å². The minimum Gasteiger partial charge on any atom is -0.494 e. The molecule has 0 aliphatic heterocycles. The first-order chi connectivity index (χ1) is 14.5. The maximum absolute atomic E-state index is 12.7. The van der Waals surface area contributed by atoms with Crippen LogP contribution in [0.1, 0.15) is 36.7 Å². The summed E-state index contributed by atoms with van der Waals surface area (Å²) in [4.78, 5) is 16.4. The second-order valence-corrected chi connectivity index (χ2v) is 9.88. The molecular formula is C20H27N5O5S. The van der Waals surface area contributed by atoms with E-state index in [4.69, 9.17) is 9.47 Å². The number of nitrogens with one attached hydrogen (secondary N) is 3. The summed E-state index contributed by atoms with van der Waals surface area (Å²) >= 11 is 0. The fraction of sp³-hybridized carbons (Fsp3) is 0.350. The predicted molar refractivity (Wildman–Crippen MR) is 119 cm³/mol. The molecule has 0 unspecified atom stereocenters. The van der Waals surface area contributed by atoms with E-state index in [-0.39, 0.29) is 5.96 Å². The fourth-order valence-corrected chi connectivity index (χ4v) is 2.90. The average molecular weight is 450 g/mol. The molecule has 1 amide bonds. The van der Waals surface area contributed by atoms with Crippen molar-refractivity contribution in [3.05, 3.63) is 47.8 Å². The lowest BCUT2D eigenvalue weighted by atomic mass is 10.2. The Kier molecular flexibility index (Phi) is 7.45. The van der Waals surface area contributed by atoms with Crippen molar-refractivity contribution in [1.29, 1.82) is 0 Å². The number of para-hydroxylation sites is 1. The van der Waals surface area contributed by atoms with Gasteiger partial charge in [-0.2, -0.15) is 0 Å². The van der Waals surface area contributed by atoms with Crippen LogP contribution in [0.4, 0.5) is 5.69 Å². The number of pyridine rings is 1. The number of ether oxygens (including phenoxy) is 2. The molecule has 3 N–H and O–H groups in total. The zero-order valence-electron chi connectivity index (χ0n) is 18.3. The Hall–Kier alpha value is -3.34. The molecule has 0 saturated heterocycles. The van der Waals surface area contributed by atoms with Crippen molar-refractivity contribution in [2.24, 2.45) is 4.40 Å². The Morgan fingerprint density at radius 1 is 1.06 bits per heavy atom. The number of nitrogens with zero attached hydrogens (tertiary/aromatic N) is 2. The molecule has 2 rings (SSSR count). The van der Waals surface area contributed by atoms with Crippen molar-refractivity contribution in [2.45, 2.75) is 32.4 Å². The van der Waals surface area contributed by atoms with Gasteiger partial charge in [0.1, 0.15) is 17.2 Å². The lowest BCUT2D eigenvalue weighted by molar-refractivity contribution is 0.0943. The molecule has 0 aliphatic rings. The number of aromatic nitrogens is 1. The minimum absolute atomic E-state index is 0.244. The molecule has 1 heterocycles. The number of hydrogen-bond donors (Lipinski definition) is 3. The predicted octanol–water partition coefficient (Wildman–Crippen LogP) is 2.24. The van der Waals surface area contributed by atoms with E-state index in [1.54, 1.807) is 37.4 Å². The van der Waals surface area contributed by atoms with Crippen LogP contribution < -0.4 is 25.6 Å². The highest BCUT2D eigenvalue weighted by atomic mass is 32.2. The molecule has 1 aromatic carbocycles. The Bertz CT molecular complexity index is 1060. The number of amides is 1. The zero-order valence-corrected chi connectivity index (χ0v) is 19.1. The van der Waals surface area contributed by atoms with E-state index < -0.39 is 20.7 Å². The van der Waals surface area contributed by atoms with Crippen molar-refractivity contribution in [3.63, 3.8) is 0 Å². The largest absolute Gasteiger partial charge is 0.494 e. The molecule has 0 spiro atoms. The standard InChI is InChI=1S/C20H27N5O5S/c1-13-10-14(12-21-11-13)18(26)23-24-19(25-31(27,28)20(2,3)4)22-17-15(29-5)8-7-9-16(17)30-6/h7-12H,1-6H3,(H,23,26)(H2,22,24,25). The van der Waals surface area contributed by atoms with E-state index in [9.17, 15) is 13.2 Å². The second-order valence-electron chi connectivity index (χ2n) is 7.52. The van der Waals surface area contributed by atoms with E-state index >= 15 is 0 Å². The molecule has 10 nitrogen and oxygen atoms in total. The molecule has 0 atom stereocenters. The van der Waals surface area contributed by atoms with Gasteiger partial charge in [0.15, 0.2) is 0 Å². The third-order valence-corrected chi connectivity index (χ3v) is 6.06. The van der Waals surface area contributed by atoms with Crippen molar-refractivity contribution in [2.75, 3.05) is 19.5 Å². The summed E-state index contributed by atoms with van der Waals surface area (Å²) in [6.07, 6.45) is 3.01. The first kappa shape index (κ1) is 23.9. The van der Waals surface area contributed by atoms with Gasteiger partial charge in [0.2, 0.25) is 5.96 Å². The number of anilines is 1. The van der Waals surface area contributed by atoms with Gasteiger partial charge in [-0.1, -0.05) is 6.07 Å². The van der Waals surface area contributed by atoms with Gasteiger partial charge in [-0.15, -0.1) is 4.40 Å². The molecule has 31 heavy (non-hydrogen) atoms. The van der Waals surface area contributed by atoms with Crippen molar-refractivity contribution in [3.8, 4) is 11.5 Å². The van der Waals surface area contributed by atoms with Gasteiger partial charge in [-0.25, -0.2) is 8.42 Å². The van der Waals surface area contributed by atoms with Crippen LogP contribution in [0.5, 0.6) is 11.5 Å². The number of rotatable bonds is 5. The quantitative estimate of drug-likeness (QED) is 0.360. The molecule has 11 heteroatoms. The van der Waals surface area contributed by atoms with Crippen LogP contribution in [-0.2, 0) is 10.0 Å². The van der Waals surface area contributed by atoms with Crippen LogP contribution in [0.3, 0.4) is 0 Å². The number of hydrogen-bond acceptors (Lipinski definition) is 6. The van der Waals surface area contributed by atoms with Crippen molar-refractivity contribution in [1.82, 2.24) is 15.8 Å². The number of carbonyl (C=O) groups is 1. The van der Waals surface area contributed by atoms with Crippen molar-refractivity contribution >= 4 is 27.6 Å². The zero-order chi connectivity index (χ0) is 23.2. The number of hydrazine groups is 1. The van der Waals surface area contributed by atoms with Gasteiger partial charge in [-0.3, -0.25) is 20.6 Å². The first-order valence-electron chi connectivity index (χ1n) is 9.29. The van der Waals surface area contributed by atoms with E-state index in [1.807, 2.05) is 0 Å². The number of sulfonamides is 1.